The first kappa shape index (κ1) is 80.7. The standard InChI is InChI=1S/2C26H25N3O6.C24H22N2O3.C5H12O2.CH4/c2*30-14-23(25(32)33)28-24(31)22(12-16-6-5-11-27-13-16)29-26(34)35-15-21-19-9-3-1-7-17(19)18-8-2-4-10-20(18)21;1-16(27)23(13-17-7-6-12-25-14-17)26-24(28)29-15-22-20-10-4-2-8-18(20)19-9-3-5-11-21(19)22;1-5(2,6-3)7-4;/h2*1-11,13,21-23,30H,12,14-15H2,(H,28,31)(H,29,34)(H,32,33);2-12,14,22-23H,13,15H2,1H3,(H,26,28);1-4H3;1H4/t2*22-,23+;23-;;/m111../s1. The molecule has 107 heavy (non-hydrogen) atoms. The zero-order chi connectivity index (χ0) is 75.7. The van der Waals surface area contributed by atoms with Crippen molar-refractivity contribution in [2.75, 3.05) is 47.3 Å². The van der Waals surface area contributed by atoms with Gasteiger partial charge >= 0.3 is 30.2 Å². The highest BCUT2D eigenvalue weighted by Gasteiger charge is 2.35. The number of hydrogen-bond acceptors (Lipinski definition) is 18. The number of carboxylic acid groups (broad SMARTS) is 2. The lowest BCUT2D eigenvalue weighted by Crippen LogP contribution is -2.53. The molecular formula is C82H88N8O17. The largest absolute Gasteiger partial charge is 0.480 e. The minimum atomic E-state index is -1.50. The van der Waals surface area contributed by atoms with Crippen LogP contribution in [0.3, 0.4) is 0 Å². The number of carbonyl (C=O) groups is 8. The molecule has 5 amide bonds. The fraction of sp³-hybridized carbons (Fsp3) is 0.280. The first-order valence-electron chi connectivity index (χ1n) is 34.1. The summed E-state index contributed by atoms with van der Waals surface area (Å²) < 4.78 is 26.3. The average molecular weight is 1460 g/mol. The molecule has 0 radical (unpaired) electrons. The summed E-state index contributed by atoms with van der Waals surface area (Å²) in [5.74, 6) is -5.14. The Morgan fingerprint density at radius 3 is 0.850 bits per heavy atom. The smallest absolute Gasteiger partial charge is 0.407 e. The van der Waals surface area contributed by atoms with Crippen LogP contribution in [0.15, 0.2) is 219 Å². The number of ether oxygens (including phenoxy) is 5. The minimum Gasteiger partial charge on any atom is -0.480 e. The number of aliphatic carboxylic acids is 2. The van der Waals surface area contributed by atoms with Gasteiger partial charge in [0.15, 0.2) is 11.6 Å². The lowest BCUT2D eigenvalue weighted by molar-refractivity contribution is -0.178. The molecule has 25 heteroatoms. The van der Waals surface area contributed by atoms with Crippen molar-refractivity contribution in [1.29, 1.82) is 0 Å². The Morgan fingerprint density at radius 1 is 0.383 bits per heavy atom. The van der Waals surface area contributed by atoms with Crippen LogP contribution in [0.5, 0.6) is 0 Å². The molecule has 0 bridgehead atoms. The highest BCUT2D eigenvalue weighted by Crippen LogP contribution is 2.47. The van der Waals surface area contributed by atoms with Crippen LogP contribution in [0.4, 0.5) is 14.4 Å². The van der Waals surface area contributed by atoms with E-state index in [1.54, 1.807) is 81.7 Å². The number of fused-ring (bicyclic) bond motifs is 9. The number of nitrogens with one attached hydrogen (secondary N) is 5. The van der Waals surface area contributed by atoms with Gasteiger partial charge in [0, 0.05) is 88.4 Å². The number of rotatable bonds is 26. The van der Waals surface area contributed by atoms with E-state index < -0.39 is 91.2 Å². The number of Topliss-reactive ketones (excluding diaryl/α,β-unsaturated/α-hetero) is 1. The number of carboxylic acids is 2. The van der Waals surface area contributed by atoms with Crippen LogP contribution in [0, 0.1) is 0 Å². The van der Waals surface area contributed by atoms with Gasteiger partial charge in [-0.15, -0.1) is 0 Å². The summed E-state index contributed by atoms with van der Waals surface area (Å²) in [6.07, 6.45) is 7.88. The topological polar surface area (TPSA) is 362 Å². The van der Waals surface area contributed by atoms with Gasteiger partial charge in [-0.2, -0.15) is 0 Å². The number of benzene rings is 6. The third-order valence-corrected chi connectivity index (χ3v) is 18.1. The highest BCUT2D eigenvalue weighted by molar-refractivity contribution is 5.91. The molecule has 12 rings (SSSR count). The lowest BCUT2D eigenvalue weighted by atomic mass is 9.98. The van der Waals surface area contributed by atoms with E-state index in [4.69, 9.17) is 33.9 Å². The summed E-state index contributed by atoms with van der Waals surface area (Å²) in [5, 5.41) is 49.0. The molecule has 0 unspecified atom stereocenters. The number of carbonyl (C=O) groups excluding carboxylic acids is 6. The van der Waals surface area contributed by atoms with Gasteiger partial charge in [0.1, 0.15) is 44.0 Å². The van der Waals surface area contributed by atoms with E-state index in [2.05, 4.69) is 65.8 Å². The van der Waals surface area contributed by atoms with Gasteiger partial charge < -0.3 is 70.7 Å². The number of aliphatic hydroxyl groups is 2. The van der Waals surface area contributed by atoms with Gasteiger partial charge in [-0.25, -0.2) is 24.0 Å². The number of ketones is 1. The van der Waals surface area contributed by atoms with Crippen LogP contribution >= 0.6 is 0 Å². The van der Waals surface area contributed by atoms with Crippen molar-refractivity contribution in [2.24, 2.45) is 0 Å². The predicted molar refractivity (Wildman–Crippen MR) is 399 cm³/mol. The molecule has 0 saturated carbocycles. The molecule has 3 aliphatic rings. The second kappa shape index (κ2) is 39.2. The van der Waals surface area contributed by atoms with Crippen LogP contribution < -0.4 is 26.6 Å². The van der Waals surface area contributed by atoms with Crippen LogP contribution in [0.25, 0.3) is 33.4 Å². The van der Waals surface area contributed by atoms with E-state index >= 15 is 0 Å². The second-order valence-electron chi connectivity index (χ2n) is 25.3. The Bertz CT molecular complexity index is 4160. The molecule has 3 aliphatic carbocycles. The van der Waals surface area contributed by atoms with Gasteiger partial charge in [-0.05, 0) is 122 Å². The number of pyridine rings is 3. The van der Waals surface area contributed by atoms with Gasteiger partial charge in [0.05, 0.1) is 19.3 Å². The van der Waals surface area contributed by atoms with E-state index in [1.165, 1.54) is 18.1 Å². The van der Waals surface area contributed by atoms with Gasteiger partial charge in [0.25, 0.3) is 0 Å². The van der Waals surface area contributed by atoms with Crippen LogP contribution in [-0.2, 0) is 66.9 Å². The fourth-order valence-electron chi connectivity index (χ4n) is 12.3. The molecule has 558 valence electrons. The van der Waals surface area contributed by atoms with Gasteiger partial charge in [0.2, 0.25) is 11.8 Å². The van der Waals surface area contributed by atoms with E-state index in [1.807, 2.05) is 141 Å². The molecule has 0 saturated heterocycles. The van der Waals surface area contributed by atoms with Crippen LogP contribution in [0.1, 0.15) is 96.0 Å². The quantitative estimate of drug-likeness (QED) is 0.0180. The van der Waals surface area contributed by atoms with E-state index in [0.29, 0.717) is 17.5 Å². The molecule has 0 fully saturated rings. The molecule has 5 atom stereocenters. The summed E-state index contributed by atoms with van der Waals surface area (Å²) in [5.41, 5.74) is 15.4. The van der Waals surface area contributed by atoms with Crippen molar-refractivity contribution >= 4 is 47.8 Å². The molecular weight excluding hydrogens is 1370 g/mol. The average Bonchev–Trinajstić information content (AvgIpc) is 1.63. The Kier molecular flexibility index (Phi) is 29.5. The van der Waals surface area contributed by atoms with Crippen LogP contribution in [0.2, 0.25) is 0 Å². The number of alkyl carbamates (subject to hydrolysis) is 3. The van der Waals surface area contributed by atoms with E-state index in [9.17, 15) is 48.6 Å². The Labute approximate surface area is 620 Å². The number of aromatic nitrogens is 3. The summed E-state index contributed by atoms with van der Waals surface area (Å²) in [6, 6.07) is 52.7. The molecule has 3 aromatic heterocycles. The van der Waals surface area contributed by atoms with Crippen molar-refractivity contribution in [1.82, 2.24) is 41.5 Å². The summed E-state index contributed by atoms with van der Waals surface area (Å²) >= 11 is 0. The second-order valence-corrected chi connectivity index (χ2v) is 25.3. The number of aliphatic hydroxyl groups excluding tert-OH is 2. The first-order valence-corrected chi connectivity index (χ1v) is 34.1. The van der Waals surface area contributed by atoms with Gasteiger partial charge in [-0.3, -0.25) is 29.3 Å². The molecule has 0 aliphatic heterocycles. The zero-order valence-corrected chi connectivity index (χ0v) is 59.0. The Morgan fingerprint density at radius 2 is 0.636 bits per heavy atom. The maximum Gasteiger partial charge on any atom is 0.407 e. The lowest BCUT2D eigenvalue weighted by Gasteiger charge is -2.21. The number of methoxy groups -OCH3 is 2. The predicted octanol–water partition coefficient (Wildman–Crippen LogP) is 9.96. The number of amides is 5. The number of nitrogens with zero attached hydrogens (tertiary/aromatic N) is 3. The number of hydrogen-bond donors (Lipinski definition) is 9. The monoisotopic (exact) mass is 1460 g/mol. The van der Waals surface area contributed by atoms with Crippen molar-refractivity contribution < 1.29 is 82.5 Å². The third kappa shape index (κ3) is 21.8. The normalized spacial score (nSPS) is 13.4. The van der Waals surface area contributed by atoms with Crippen molar-refractivity contribution in [3.63, 3.8) is 0 Å². The van der Waals surface area contributed by atoms with Crippen molar-refractivity contribution in [2.45, 2.75) is 101 Å². The van der Waals surface area contributed by atoms with Crippen molar-refractivity contribution in [3.05, 3.63) is 269 Å². The molecule has 0 spiro atoms. The maximum absolute atomic E-state index is 12.8. The Hall–Kier alpha value is -12.0. The summed E-state index contributed by atoms with van der Waals surface area (Å²) in [7, 11) is 3.23. The highest BCUT2D eigenvalue weighted by atomic mass is 16.7. The SMILES string of the molecule is C.CC(=O)[C@@H](Cc1cccnc1)NC(=O)OCC1c2ccccc2-c2ccccc21.COC(C)(C)OC.O=C(N[C@H](Cc1cccnc1)C(=O)N[C@@H](CO)C(=O)O)OCC1c2ccccc2-c2ccccc21.O=C(N[C@H](Cc1cccnc1)C(=O)N[C@@H](CO)C(=O)O)OCC1c2ccccc2-c2ccccc21. The first-order chi connectivity index (χ1) is 51.2. The van der Waals surface area contributed by atoms with Crippen molar-refractivity contribution in [3.8, 4) is 33.4 Å². The Balaban J connectivity index is 0.000000193. The molecule has 25 nitrogen and oxygen atoms in total. The molecule has 9 aromatic rings. The minimum absolute atomic E-state index is 0. The van der Waals surface area contributed by atoms with E-state index in [-0.39, 0.29) is 63.6 Å². The summed E-state index contributed by atoms with van der Waals surface area (Å²) in [4.78, 5) is 110. The molecule has 9 N–H and O–H groups in total. The maximum atomic E-state index is 12.8. The molecule has 6 aromatic carbocycles. The molecule has 3 heterocycles. The van der Waals surface area contributed by atoms with Gasteiger partial charge in [-0.1, -0.05) is 171 Å². The summed E-state index contributed by atoms with van der Waals surface area (Å²) in [6.45, 7) is 3.95. The van der Waals surface area contributed by atoms with E-state index in [0.717, 1.165) is 61.2 Å². The van der Waals surface area contributed by atoms with Crippen LogP contribution in [-0.4, -0.2) is 166 Å². The zero-order valence-electron chi connectivity index (χ0n) is 59.0. The fourth-order valence-corrected chi connectivity index (χ4v) is 12.3. The third-order valence-electron chi connectivity index (χ3n) is 18.1.